The molecule has 156 valence electrons. The number of nitrogen functional groups attached to an aromatic ring is 1. The van der Waals surface area contributed by atoms with Crippen LogP contribution in [0.3, 0.4) is 0 Å². The first kappa shape index (κ1) is 22.3. The van der Waals surface area contributed by atoms with Gasteiger partial charge >= 0.3 is 0 Å². The van der Waals surface area contributed by atoms with Crippen LogP contribution in [0.4, 0.5) is 5.82 Å². The molecular weight excluding hydrogens is 362 g/mol. The van der Waals surface area contributed by atoms with Crippen LogP contribution < -0.4 is 16.4 Å². The number of nitrogens with one attached hydrogen (secondary N) is 2. The van der Waals surface area contributed by atoms with Gasteiger partial charge in [-0.25, -0.2) is 4.68 Å². The Bertz CT molecular complexity index is 803. The van der Waals surface area contributed by atoms with Crippen LogP contribution in [0.25, 0.3) is 5.69 Å². The number of aliphatic imine (C=N–C) groups is 1. The van der Waals surface area contributed by atoms with Gasteiger partial charge < -0.3 is 16.4 Å². The van der Waals surface area contributed by atoms with Crippen molar-refractivity contribution in [3.63, 3.8) is 0 Å². The Balaban J connectivity index is 1.93. The molecule has 0 radical (unpaired) electrons. The molecule has 0 aliphatic carbocycles. The van der Waals surface area contributed by atoms with E-state index in [2.05, 4.69) is 40.6 Å². The van der Waals surface area contributed by atoms with Gasteiger partial charge in [-0.2, -0.15) is 10.4 Å². The summed E-state index contributed by atoms with van der Waals surface area (Å²) >= 11 is 0. The lowest BCUT2D eigenvalue weighted by molar-refractivity contribution is 0.646. The highest BCUT2D eigenvalue weighted by molar-refractivity contribution is 5.79. The van der Waals surface area contributed by atoms with Crippen molar-refractivity contribution in [2.24, 2.45) is 4.99 Å². The average Bonchev–Trinajstić information content (AvgIpc) is 3.06. The van der Waals surface area contributed by atoms with Crippen molar-refractivity contribution in [2.75, 3.05) is 25.4 Å². The van der Waals surface area contributed by atoms with Gasteiger partial charge in [-0.1, -0.05) is 44.4 Å². The lowest BCUT2D eigenvalue weighted by Crippen LogP contribution is -2.37. The minimum atomic E-state index is 0.388. The number of nitriles is 1. The zero-order valence-electron chi connectivity index (χ0n) is 17.6. The van der Waals surface area contributed by atoms with Crippen LogP contribution in [-0.4, -0.2) is 35.4 Å². The molecule has 0 aliphatic heterocycles. The molecule has 0 saturated heterocycles. The van der Waals surface area contributed by atoms with E-state index >= 15 is 0 Å². The van der Waals surface area contributed by atoms with Crippen molar-refractivity contribution in [1.82, 2.24) is 20.4 Å². The van der Waals surface area contributed by atoms with E-state index in [1.807, 2.05) is 30.3 Å². The second-order valence-corrected chi connectivity index (χ2v) is 6.92. The summed E-state index contributed by atoms with van der Waals surface area (Å²) < 4.78 is 1.64. The summed E-state index contributed by atoms with van der Waals surface area (Å²) in [6, 6.07) is 11.8. The monoisotopic (exact) mass is 395 g/mol. The topological polar surface area (TPSA) is 104 Å². The Hall–Kier alpha value is -3.01. The van der Waals surface area contributed by atoms with Crippen molar-refractivity contribution in [3.05, 3.63) is 41.6 Å². The number of aromatic nitrogens is 2. The number of hydrogen-bond donors (Lipinski definition) is 3. The highest BCUT2D eigenvalue weighted by Crippen LogP contribution is 2.21. The van der Waals surface area contributed by atoms with Crippen LogP contribution in [0.2, 0.25) is 0 Å². The fourth-order valence-corrected chi connectivity index (χ4v) is 3.08. The second kappa shape index (κ2) is 12.4. The molecule has 0 unspecified atom stereocenters. The normalized spacial score (nSPS) is 11.3. The molecular formula is C22H33N7. The molecule has 0 fully saturated rings. The molecule has 4 N–H and O–H groups in total. The van der Waals surface area contributed by atoms with Crippen LogP contribution in [-0.2, 0) is 6.42 Å². The Kier molecular flexibility index (Phi) is 9.56. The standard InChI is InChI=1S/C22H33N7/c1-3-5-6-10-15-26-22(25-4-2)27-16-11-14-20-19(17-23)21(24)29(28-20)18-12-8-7-9-13-18/h7-9,12-13H,3-6,10-11,14-16,24H2,1-2H3,(H2,25,26,27). The maximum atomic E-state index is 9.50. The zero-order valence-corrected chi connectivity index (χ0v) is 17.6. The van der Waals surface area contributed by atoms with Gasteiger partial charge in [0.2, 0.25) is 0 Å². The molecule has 7 heteroatoms. The van der Waals surface area contributed by atoms with Gasteiger partial charge in [0.1, 0.15) is 17.5 Å². The molecule has 0 aliphatic rings. The summed E-state index contributed by atoms with van der Waals surface area (Å²) in [4.78, 5) is 4.63. The van der Waals surface area contributed by atoms with E-state index in [-0.39, 0.29) is 0 Å². The predicted molar refractivity (Wildman–Crippen MR) is 119 cm³/mol. The fraction of sp³-hybridized carbons (Fsp3) is 0.500. The lowest BCUT2D eigenvalue weighted by atomic mass is 10.1. The number of nitrogens with zero attached hydrogens (tertiary/aromatic N) is 4. The minimum absolute atomic E-state index is 0.388. The molecule has 1 heterocycles. The summed E-state index contributed by atoms with van der Waals surface area (Å²) in [5, 5.41) is 20.7. The van der Waals surface area contributed by atoms with Gasteiger partial charge in [0.25, 0.3) is 0 Å². The highest BCUT2D eigenvalue weighted by atomic mass is 15.3. The molecule has 29 heavy (non-hydrogen) atoms. The van der Waals surface area contributed by atoms with Crippen molar-refractivity contribution in [1.29, 1.82) is 5.26 Å². The SMILES string of the molecule is CCCCCCNC(=NCCCc1nn(-c2ccccc2)c(N)c1C#N)NCC. The van der Waals surface area contributed by atoms with Gasteiger partial charge in [0.15, 0.2) is 5.96 Å². The van der Waals surface area contributed by atoms with Crippen LogP contribution in [0.5, 0.6) is 0 Å². The first-order chi connectivity index (χ1) is 14.2. The number of unbranched alkanes of at least 4 members (excludes halogenated alkanes) is 3. The molecule has 0 spiro atoms. The van der Waals surface area contributed by atoms with E-state index in [9.17, 15) is 5.26 Å². The van der Waals surface area contributed by atoms with Gasteiger partial charge in [-0.15, -0.1) is 0 Å². The number of nitrogens with two attached hydrogens (primary N) is 1. The van der Waals surface area contributed by atoms with Crippen molar-refractivity contribution in [2.45, 2.75) is 52.4 Å². The van der Waals surface area contributed by atoms with Crippen LogP contribution in [0.1, 0.15) is 57.2 Å². The molecule has 1 aromatic carbocycles. The molecule has 0 bridgehead atoms. The van der Waals surface area contributed by atoms with E-state index in [4.69, 9.17) is 5.73 Å². The third-order valence-corrected chi connectivity index (χ3v) is 4.61. The lowest BCUT2D eigenvalue weighted by Gasteiger charge is -2.11. The molecule has 2 rings (SSSR count). The number of benzene rings is 1. The number of hydrogen-bond acceptors (Lipinski definition) is 4. The molecule has 0 atom stereocenters. The van der Waals surface area contributed by atoms with Crippen molar-refractivity contribution >= 4 is 11.8 Å². The van der Waals surface area contributed by atoms with Crippen LogP contribution in [0.15, 0.2) is 35.3 Å². The van der Waals surface area contributed by atoms with Crippen molar-refractivity contribution < 1.29 is 0 Å². The van der Waals surface area contributed by atoms with E-state index in [0.29, 0.717) is 24.3 Å². The third kappa shape index (κ3) is 6.83. The minimum Gasteiger partial charge on any atom is -0.382 e. The average molecular weight is 396 g/mol. The fourth-order valence-electron chi connectivity index (χ4n) is 3.08. The van der Waals surface area contributed by atoms with Gasteiger partial charge in [-0.05, 0) is 38.3 Å². The maximum absolute atomic E-state index is 9.50. The predicted octanol–water partition coefficient (Wildman–Crippen LogP) is 3.39. The molecule has 7 nitrogen and oxygen atoms in total. The second-order valence-electron chi connectivity index (χ2n) is 6.92. The number of rotatable bonds is 11. The molecule has 1 aromatic heterocycles. The van der Waals surface area contributed by atoms with E-state index in [1.54, 1.807) is 4.68 Å². The molecule has 2 aromatic rings. The number of guanidine groups is 1. The zero-order chi connectivity index (χ0) is 20.9. The largest absolute Gasteiger partial charge is 0.382 e. The number of para-hydroxylation sites is 1. The van der Waals surface area contributed by atoms with Gasteiger partial charge in [0.05, 0.1) is 11.4 Å². The Morgan fingerprint density at radius 2 is 1.93 bits per heavy atom. The van der Waals surface area contributed by atoms with Gasteiger partial charge in [0, 0.05) is 19.6 Å². The molecule has 0 amide bonds. The van der Waals surface area contributed by atoms with Crippen LogP contribution in [0, 0.1) is 11.3 Å². The first-order valence-electron chi connectivity index (χ1n) is 10.6. The van der Waals surface area contributed by atoms with E-state index in [1.165, 1.54) is 19.3 Å². The Morgan fingerprint density at radius 1 is 1.14 bits per heavy atom. The van der Waals surface area contributed by atoms with E-state index in [0.717, 1.165) is 43.3 Å². The van der Waals surface area contributed by atoms with Gasteiger partial charge in [-0.3, -0.25) is 4.99 Å². The number of aryl methyl sites for hydroxylation is 1. The van der Waals surface area contributed by atoms with Crippen LogP contribution >= 0.6 is 0 Å². The highest BCUT2D eigenvalue weighted by Gasteiger charge is 2.16. The van der Waals surface area contributed by atoms with E-state index < -0.39 is 0 Å². The Morgan fingerprint density at radius 3 is 2.62 bits per heavy atom. The number of anilines is 1. The van der Waals surface area contributed by atoms with Crippen molar-refractivity contribution in [3.8, 4) is 11.8 Å². The molecule has 0 saturated carbocycles. The maximum Gasteiger partial charge on any atom is 0.191 e. The Labute approximate surface area is 174 Å². The summed E-state index contributed by atoms with van der Waals surface area (Å²) in [7, 11) is 0. The summed E-state index contributed by atoms with van der Waals surface area (Å²) in [5.74, 6) is 1.23. The quantitative estimate of drug-likeness (QED) is 0.307. The first-order valence-corrected chi connectivity index (χ1v) is 10.6. The summed E-state index contributed by atoms with van der Waals surface area (Å²) in [6.45, 7) is 6.70. The third-order valence-electron chi connectivity index (χ3n) is 4.61. The summed E-state index contributed by atoms with van der Waals surface area (Å²) in [5.41, 5.74) is 8.19. The smallest absolute Gasteiger partial charge is 0.191 e. The summed E-state index contributed by atoms with van der Waals surface area (Å²) in [6.07, 6.45) is 6.36.